The van der Waals surface area contributed by atoms with Gasteiger partial charge in [-0.3, -0.25) is 0 Å². The van der Waals surface area contributed by atoms with Gasteiger partial charge < -0.3 is 9.44 Å². The molecule has 6 aromatic rings. The van der Waals surface area contributed by atoms with E-state index in [0.717, 1.165) is 35.2 Å². The first-order valence-corrected chi connectivity index (χ1v) is 21.3. The van der Waals surface area contributed by atoms with Crippen molar-refractivity contribution in [3.63, 3.8) is 0 Å². The Balaban J connectivity index is 1.34. The number of benzene rings is 1. The van der Waals surface area contributed by atoms with Crippen LogP contribution < -0.4 is 9.44 Å². The molecule has 1 aliphatic heterocycles. The highest BCUT2D eigenvalue weighted by Gasteiger charge is 2.30. The van der Waals surface area contributed by atoms with Crippen molar-refractivity contribution in [3.8, 4) is 40.4 Å². The van der Waals surface area contributed by atoms with Crippen LogP contribution in [0.2, 0.25) is 0 Å². The number of rotatable bonds is 14. The lowest BCUT2D eigenvalue weighted by molar-refractivity contribution is 0.668. The van der Waals surface area contributed by atoms with E-state index in [0.29, 0.717) is 0 Å². The highest BCUT2D eigenvalue weighted by molar-refractivity contribution is 8.02. The minimum atomic E-state index is 1.01. The molecule has 1 aromatic carbocycles. The fourth-order valence-corrected chi connectivity index (χ4v) is 12.1. The van der Waals surface area contributed by atoms with E-state index in [-0.39, 0.29) is 0 Å². The SMILES string of the molecule is CCCCCCc1cc(-c2c3c(c(-c4cc(CCCCCC)c(-c5ccc(C)s5)s4)c4nsnc24)NSN3)sc1-c1ccc(C)s1. The molecule has 240 valence electrons. The molecule has 10 heteroatoms. The standard InChI is InChI=1S/C36H40N4S6/c1-5-7-9-11-13-23-19-27(43-35(23)25-17-15-21(3)41-25)29-31-33(39-45-37-31)30(34-32(29)38-46-40-34)28-20-24(14-12-10-8-6-2)36(44-28)26-18-16-22(4)42-26/h15-20,37,39H,5-14H2,1-4H3. The van der Waals surface area contributed by atoms with Crippen molar-refractivity contribution >= 4 is 91.6 Å². The Morgan fingerprint density at radius 3 is 1.46 bits per heavy atom. The van der Waals surface area contributed by atoms with E-state index in [1.54, 1.807) is 12.1 Å². The molecule has 0 saturated heterocycles. The van der Waals surface area contributed by atoms with E-state index in [1.165, 1.54) is 124 Å². The third kappa shape index (κ3) is 6.45. The molecular formula is C36H40N4S6. The fourth-order valence-electron chi connectivity index (χ4n) is 6.30. The lowest BCUT2D eigenvalue weighted by Gasteiger charge is -2.11. The lowest BCUT2D eigenvalue weighted by atomic mass is 9.98. The molecule has 0 amide bonds. The first-order valence-electron chi connectivity index (χ1n) is 16.5. The Bertz CT molecular complexity index is 1820. The van der Waals surface area contributed by atoms with Gasteiger partial charge in [0.05, 0.1) is 35.2 Å². The van der Waals surface area contributed by atoms with Crippen LogP contribution in [0.25, 0.3) is 51.4 Å². The van der Waals surface area contributed by atoms with Gasteiger partial charge in [0.15, 0.2) is 0 Å². The topological polar surface area (TPSA) is 49.8 Å². The van der Waals surface area contributed by atoms with E-state index >= 15 is 0 Å². The van der Waals surface area contributed by atoms with Crippen LogP contribution in [-0.4, -0.2) is 8.75 Å². The molecule has 1 aliphatic rings. The maximum absolute atomic E-state index is 4.99. The number of aromatic nitrogens is 2. The van der Waals surface area contributed by atoms with Crippen LogP contribution in [-0.2, 0) is 12.8 Å². The van der Waals surface area contributed by atoms with Gasteiger partial charge in [-0.2, -0.15) is 8.75 Å². The fraction of sp³-hybridized carbons (Fsp3) is 0.389. The van der Waals surface area contributed by atoms with Crippen LogP contribution in [0, 0.1) is 13.8 Å². The summed E-state index contributed by atoms with van der Waals surface area (Å²) in [6, 6.07) is 14.0. The summed E-state index contributed by atoms with van der Waals surface area (Å²) in [5.74, 6) is 0. The van der Waals surface area contributed by atoms with Crippen LogP contribution in [0.3, 0.4) is 0 Å². The minimum absolute atomic E-state index is 1.01. The monoisotopic (exact) mass is 720 g/mol. The number of hydrogen-bond donors (Lipinski definition) is 2. The molecule has 0 radical (unpaired) electrons. The average molecular weight is 721 g/mol. The molecule has 2 N–H and O–H groups in total. The van der Waals surface area contributed by atoms with Gasteiger partial charge in [0.2, 0.25) is 0 Å². The van der Waals surface area contributed by atoms with Crippen molar-refractivity contribution in [2.24, 2.45) is 0 Å². The molecule has 0 atom stereocenters. The molecule has 46 heavy (non-hydrogen) atoms. The molecular weight excluding hydrogens is 681 g/mol. The maximum atomic E-state index is 4.99. The molecule has 5 aromatic heterocycles. The van der Waals surface area contributed by atoms with Gasteiger partial charge in [0.1, 0.15) is 11.0 Å². The number of fused-ring (bicyclic) bond motifs is 2. The molecule has 6 heterocycles. The van der Waals surface area contributed by atoms with Gasteiger partial charge in [0, 0.05) is 50.1 Å². The minimum Gasteiger partial charge on any atom is -0.309 e. The molecule has 0 unspecified atom stereocenters. The second-order valence-corrected chi connectivity index (χ2v) is 18.0. The van der Waals surface area contributed by atoms with Gasteiger partial charge >= 0.3 is 0 Å². The third-order valence-corrected chi connectivity index (χ3v) is 14.5. The van der Waals surface area contributed by atoms with E-state index in [9.17, 15) is 0 Å². The van der Waals surface area contributed by atoms with E-state index in [1.807, 2.05) is 45.3 Å². The van der Waals surface area contributed by atoms with Crippen molar-refractivity contribution in [1.29, 1.82) is 0 Å². The summed E-state index contributed by atoms with van der Waals surface area (Å²) < 4.78 is 17.3. The molecule has 0 aliphatic carbocycles. The Morgan fingerprint density at radius 1 is 0.565 bits per heavy atom. The van der Waals surface area contributed by atoms with E-state index in [2.05, 4.69) is 73.5 Å². The number of unbranched alkanes of at least 4 members (excludes halogenated alkanes) is 6. The Morgan fingerprint density at radius 2 is 1.04 bits per heavy atom. The Labute approximate surface area is 297 Å². The zero-order valence-electron chi connectivity index (χ0n) is 26.9. The summed E-state index contributed by atoms with van der Waals surface area (Å²) >= 11 is 10.5. The average Bonchev–Trinajstić information content (AvgIpc) is 3.89. The Hall–Kier alpha value is -2.21. The molecule has 0 spiro atoms. The van der Waals surface area contributed by atoms with Gasteiger partial charge in [-0.25, -0.2) is 0 Å². The number of anilines is 2. The number of nitrogens with one attached hydrogen (secondary N) is 2. The van der Waals surface area contributed by atoms with Crippen molar-refractivity contribution in [2.75, 3.05) is 9.44 Å². The third-order valence-electron chi connectivity index (χ3n) is 8.66. The predicted molar refractivity (Wildman–Crippen MR) is 211 cm³/mol. The second-order valence-electron chi connectivity index (χ2n) is 12.1. The van der Waals surface area contributed by atoms with Crippen LogP contribution in [0.5, 0.6) is 0 Å². The first-order chi connectivity index (χ1) is 22.6. The van der Waals surface area contributed by atoms with Crippen molar-refractivity contribution in [2.45, 2.75) is 91.9 Å². The summed E-state index contributed by atoms with van der Waals surface area (Å²) in [7, 11) is 0. The zero-order valence-corrected chi connectivity index (χ0v) is 31.8. The van der Waals surface area contributed by atoms with Crippen LogP contribution in [0.15, 0.2) is 36.4 Å². The smallest absolute Gasteiger partial charge is 0.116 e. The number of thiophene rings is 4. The van der Waals surface area contributed by atoms with Crippen LogP contribution >= 0.6 is 69.2 Å². The molecule has 0 fully saturated rings. The quantitative estimate of drug-likeness (QED) is 0.0866. The predicted octanol–water partition coefficient (Wildman–Crippen LogP) is 13.9. The highest BCUT2D eigenvalue weighted by atomic mass is 32.2. The van der Waals surface area contributed by atoms with Crippen molar-refractivity contribution in [3.05, 3.63) is 57.3 Å². The molecule has 0 bridgehead atoms. The summed E-state index contributed by atoms with van der Waals surface area (Å²) in [4.78, 5) is 10.9. The van der Waals surface area contributed by atoms with Crippen molar-refractivity contribution in [1.82, 2.24) is 8.75 Å². The van der Waals surface area contributed by atoms with Crippen LogP contribution in [0.4, 0.5) is 11.4 Å². The van der Waals surface area contributed by atoms with Gasteiger partial charge in [-0.15, -0.1) is 45.3 Å². The number of aryl methyl sites for hydroxylation is 4. The molecule has 4 nitrogen and oxygen atoms in total. The van der Waals surface area contributed by atoms with E-state index < -0.39 is 0 Å². The maximum Gasteiger partial charge on any atom is 0.116 e. The molecule has 7 rings (SSSR count). The van der Waals surface area contributed by atoms with Gasteiger partial charge in [-0.1, -0.05) is 52.4 Å². The summed E-state index contributed by atoms with van der Waals surface area (Å²) in [5.41, 5.74) is 9.60. The Kier molecular flexibility index (Phi) is 10.2. The first kappa shape index (κ1) is 32.3. The van der Waals surface area contributed by atoms with Gasteiger partial charge in [-0.05, 0) is 87.1 Å². The van der Waals surface area contributed by atoms with Crippen LogP contribution in [0.1, 0.15) is 86.1 Å². The largest absolute Gasteiger partial charge is 0.309 e. The highest BCUT2D eigenvalue weighted by Crippen LogP contribution is 2.56. The van der Waals surface area contributed by atoms with Crippen molar-refractivity contribution < 1.29 is 0 Å². The zero-order chi connectivity index (χ0) is 31.6. The molecule has 0 saturated carbocycles. The van der Waals surface area contributed by atoms with Gasteiger partial charge in [0.25, 0.3) is 0 Å². The number of nitrogens with zero attached hydrogens (tertiary/aromatic N) is 2. The lowest BCUT2D eigenvalue weighted by Crippen LogP contribution is -1.91. The number of hydrogen-bond acceptors (Lipinski definition) is 10. The summed E-state index contributed by atoms with van der Waals surface area (Å²) in [6.07, 6.45) is 12.4. The summed E-state index contributed by atoms with van der Waals surface area (Å²) in [5, 5.41) is 0. The second kappa shape index (κ2) is 14.5. The van der Waals surface area contributed by atoms with E-state index in [4.69, 9.17) is 8.75 Å². The normalized spacial score (nSPS) is 12.6. The summed E-state index contributed by atoms with van der Waals surface area (Å²) in [6.45, 7) is 8.98.